The lowest BCUT2D eigenvalue weighted by Gasteiger charge is -2.16. The van der Waals surface area contributed by atoms with Crippen LogP contribution >= 0.6 is 0 Å². The highest BCUT2D eigenvalue weighted by Gasteiger charge is 2.14. The summed E-state index contributed by atoms with van der Waals surface area (Å²) in [5.41, 5.74) is 3.78. The van der Waals surface area contributed by atoms with E-state index in [1.165, 1.54) is 0 Å². The maximum Gasteiger partial charge on any atom is 0.126 e. The first kappa shape index (κ1) is 15.1. The number of ether oxygens (including phenoxy) is 2. The topological polar surface area (TPSA) is 38.7 Å². The summed E-state index contributed by atoms with van der Waals surface area (Å²) in [7, 11) is 3.28. The lowest BCUT2D eigenvalue weighted by Crippen LogP contribution is -2.01. The van der Waals surface area contributed by atoms with Gasteiger partial charge in [0.25, 0.3) is 0 Å². The van der Waals surface area contributed by atoms with Crippen molar-refractivity contribution in [2.45, 2.75) is 6.42 Å². The Morgan fingerprint density at radius 3 is 2.52 bits per heavy atom. The molecule has 0 heterocycles. The van der Waals surface area contributed by atoms with Gasteiger partial charge >= 0.3 is 0 Å². The van der Waals surface area contributed by atoms with Crippen LogP contribution in [0.25, 0.3) is 5.57 Å². The number of methoxy groups -OCH3 is 2. The standard InChI is InChI=1S/C18H20O3/c1-13(15-7-4-8-16(12-15)20-2)18-14(10-11-19)6-5-9-17(18)21-3/h4-9,12,19H,1,10-11H2,2-3H3. The van der Waals surface area contributed by atoms with E-state index in [9.17, 15) is 5.11 Å². The highest BCUT2D eigenvalue weighted by atomic mass is 16.5. The molecule has 0 aliphatic heterocycles. The van der Waals surface area contributed by atoms with Gasteiger partial charge in [0, 0.05) is 12.2 Å². The van der Waals surface area contributed by atoms with Gasteiger partial charge in [-0.25, -0.2) is 0 Å². The molecule has 0 saturated heterocycles. The second-order valence-corrected chi connectivity index (χ2v) is 4.68. The van der Waals surface area contributed by atoms with Crippen molar-refractivity contribution in [2.75, 3.05) is 20.8 Å². The van der Waals surface area contributed by atoms with Gasteiger partial charge < -0.3 is 14.6 Å². The zero-order valence-corrected chi connectivity index (χ0v) is 12.4. The molecule has 3 heteroatoms. The highest BCUT2D eigenvalue weighted by molar-refractivity contribution is 5.83. The first-order valence-electron chi connectivity index (χ1n) is 6.81. The van der Waals surface area contributed by atoms with Crippen LogP contribution in [0.1, 0.15) is 16.7 Å². The molecule has 3 nitrogen and oxygen atoms in total. The Bertz CT molecular complexity index is 632. The summed E-state index contributed by atoms with van der Waals surface area (Å²) in [5.74, 6) is 1.54. The predicted octanol–water partition coefficient (Wildman–Crippen LogP) is 3.30. The summed E-state index contributed by atoms with van der Waals surface area (Å²) >= 11 is 0. The van der Waals surface area contributed by atoms with Crippen LogP contribution in [0.4, 0.5) is 0 Å². The molecule has 0 bridgehead atoms. The molecule has 110 valence electrons. The van der Waals surface area contributed by atoms with Crippen molar-refractivity contribution in [2.24, 2.45) is 0 Å². The zero-order chi connectivity index (χ0) is 15.2. The van der Waals surface area contributed by atoms with Crippen LogP contribution in [0.2, 0.25) is 0 Å². The SMILES string of the molecule is C=C(c1cccc(OC)c1)c1c(CCO)cccc1OC. The first-order valence-corrected chi connectivity index (χ1v) is 6.81. The van der Waals surface area contributed by atoms with Crippen LogP contribution in [0.5, 0.6) is 11.5 Å². The van der Waals surface area contributed by atoms with E-state index in [-0.39, 0.29) is 6.61 Å². The molecule has 0 radical (unpaired) electrons. The Hall–Kier alpha value is -2.26. The van der Waals surface area contributed by atoms with Crippen molar-refractivity contribution < 1.29 is 14.6 Å². The molecule has 2 rings (SSSR count). The molecule has 1 N–H and O–H groups in total. The molecular formula is C18H20O3. The molecule has 21 heavy (non-hydrogen) atoms. The Morgan fingerprint density at radius 1 is 1.10 bits per heavy atom. The van der Waals surface area contributed by atoms with Gasteiger partial charge in [0.15, 0.2) is 0 Å². The van der Waals surface area contributed by atoms with Gasteiger partial charge in [-0.1, -0.05) is 30.8 Å². The van der Waals surface area contributed by atoms with Crippen molar-refractivity contribution in [1.29, 1.82) is 0 Å². The fourth-order valence-corrected chi connectivity index (χ4v) is 2.37. The number of aliphatic hydroxyl groups is 1. The van der Waals surface area contributed by atoms with Crippen molar-refractivity contribution in [1.82, 2.24) is 0 Å². The number of aliphatic hydroxyl groups excluding tert-OH is 1. The zero-order valence-electron chi connectivity index (χ0n) is 12.4. The maximum atomic E-state index is 9.25. The molecule has 0 atom stereocenters. The smallest absolute Gasteiger partial charge is 0.126 e. The van der Waals surface area contributed by atoms with Gasteiger partial charge in [-0.3, -0.25) is 0 Å². The third kappa shape index (κ3) is 3.26. The molecular weight excluding hydrogens is 264 g/mol. The molecule has 0 saturated carbocycles. The lowest BCUT2D eigenvalue weighted by atomic mass is 9.93. The molecule has 0 unspecified atom stereocenters. The minimum atomic E-state index is 0.0888. The second-order valence-electron chi connectivity index (χ2n) is 4.68. The highest BCUT2D eigenvalue weighted by Crippen LogP contribution is 2.34. The monoisotopic (exact) mass is 284 g/mol. The molecule has 0 fully saturated rings. The fourth-order valence-electron chi connectivity index (χ4n) is 2.37. The summed E-state index contributed by atoms with van der Waals surface area (Å²) < 4.78 is 10.7. The second kappa shape index (κ2) is 6.95. The summed E-state index contributed by atoms with van der Waals surface area (Å²) in [6.45, 7) is 4.29. The number of rotatable bonds is 6. The van der Waals surface area contributed by atoms with Gasteiger partial charge in [0.05, 0.1) is 14.2 Å². The lowest BCUT2D eigenvalue weighted by molar-refractivity contribution is 0.299. The molecule has 0 spiro atoms. The molecule has 2 aromatic rings. The first-order chi connectivity index (χ1) is 10.2. The third-order valence-corrected chi connectivity index (χ3v) is 3.43. The molecule has 0 aromatic heterocycles. The van der Waals surface area contributed by atoms with Crippen molar-refractivity contribution in [3.63, 3.8) is 0 Å². The van der Waals surface area contributed by atoms with Gasteiger partial charge in [-0.15, -0.1) is 0 Å². The van der Waals surface area contributed by atoms with E-state index in [2.05, 4.69) is 6.58 Å². The molecule has 0 amide bonds. The Morgan fingerprint density at radius 2 is 1.86 bits per heavy atom. The van der Waals surface area contributed by atoms with E-state index in [1.54, 1.807) is 14.2 Å². The molecule has 0 aliphatic rings. The van der Waals surface area contributed by atoms with Gasteiger partial charge in [0.2, 0.25) is 0 Å². The van der Waals surface area contributed by atoms with Gasteiger partial charge in [0.1, 0.15) is 11.5 Å². The summed E-state index contributed by atoms with van der Waals surface area (Å²) in [4.78, 5) is 0. The minimum absolute atomic E-state index is 0.0888. The average Bonchev–Trinajstić information content (AvgIpc) is 2.54. The van der Waals surface area contributed by atoms with Gasteiger partial charge in [-0.05, 0) is 41.3 Å². The molecule has 2 aromatic carbocycles. The van der Waals surface area contributed by atoms with Crippen molar-refractivity contribution in [3.8, 4) is 11.5 Å². The van der Waals surface area contributed by atoms with E-state index in [1.807, 2.05) is 42.5 Å². The fraction of sp³-hybridized carbons (Fsp3) is 0.222. The minimum Gasteiger partial charge on any atom is -0.497 e. The Balaban J connectivity index is 2.50. The van der Waals surface area contributed by atoms with Crippen LogP contribution in [0.3, 0.4) is 0 Å². The van der Waals surface area contributed by atoms with E-state index >= 15 is 0 Å². The van der Waals surface area contributed by atoms with Crippen LogP contribution in [0.15, 0.2) is 49.0 Å². The van der Waals surface area contributed by atoms with Gasteiger partial charge in [-0.2, -0.15) is 0 Å². The van der Waals surface area contributed by atoms with E-state index < -0.39 is 0 Å². The third-order valence-electron chi connectivity index (χ3n) is 3.43. The predicted molar refractivity (Wildman–Crippen MR) is 84.9 cm³/mol. The van der Waals surface area contributed by atoms with Crippen LogP contribution in [0, 0.1) is 0 Å². The van der Waals surface area contributed by atoms with E-state index in [0.717, 1.165) is 33.8 Å². The average molecular weight is 284 g/mol. The van der Waals surface area contributed by atoms with Crippen molar-refractivity contribution in [3.05, 3.63) is 65.7 Å². The Kier molecular flexibility index (Phi) is 5.01. The number of benzene rings is 2. The van der Waals surface area contributed by atoms with Crippen LogP contribution in [-0.4, -0.2) is 25.9 Å². The number of hydrogen-bond acceptors (Lipinski definition) is 3. The van der Waals surface area contributed by atoms with E-state index in [4.69, 9.17) is 9.47 Å². The summed E-state index contributed by atoms with van der Waals surface area (Å²) in [6.07, 6.45) is 0.565. The quantitative estimate of drug-likeness (QED) is 0.884. The maximum absolute atomic E-state index is 9.25. The summed E-state index contributed by atoms with van der Waals surface area (Å²) in [6, 6.07) is 13.6. The molecule has 0 aliphatic carbocycles. The van der Waals surface area contributed by atoms with Crippen molar-refractivity contribution >= 4 is 5.57 Å². The van der Waals surface area contributed by atoms with Crippen LogP contribution in [-0.2, 0) is 6.42 Å². The largest absolute Gasteiger partial charge is 0.497 e. The van der Waals surface area contributed by atoms with Crippen LogP contribution < -0.4 is 9.47 Å². The van der Waals surface area contributed by atoms with E-state index in [0.29, 0.717) is 6.42 Å². The summed E-state index contributed by atoms with van der Waals surface area (Å²) in [5, 5.41) is 9.25. The number of hydrogen-bond donors (Lipinski definition) is 1. The Labute approximate surface area is 125 Å². The normalized spacial score (nSPS) is 10.2.